The molecule has 0 heterocycles. The highest BCUT2D eigenvalue weighted by molar-refractivity contribution is 5.93. The average molecular weight is 344 g/mol. The molecular weight excluding hydrogens is 324 g/mol. The van der Waals surface area contributed by atoms with E-state index in [1.807, 2.05) is 18.2 Å². The summed E-state index contributed by atoms with van der Waals surface area (Å²) in [5, 5.41) is 5.42. The van der Waals surface area contributed by atoms with Crippen LogP contribution in [0, 0.1) is 5.92 Å². The number of hydrogen-bond donors (Lipinski definition) is 2. The predicted molar refractivity (Wildman–Crippen MR) is 102 cm³/mol. The Morgan fingerprint density at radius 2 is 1.77 bits per heavy atom. The summed E-state index contributed by atoms with van der Waals surface area (Å²) in [7, 11) is 0. The molecule has 26 heavy (non-hydrogen) atoms. The van der Waals surface area contributed by atoms with Crippen LogP contribution in [0.5, 0.6) is 0 Å². The number of nitrogens with two attached hydrogens (primary N) is 1. The topological polar surface area (TPSA) is 72.2 Å². The van der Waals surface area contributed by atoms with Crippen molar-refractivity contribution in [3.8, 4) is 0 Å². The van der Waals surface area contributed by atoms with E-state index in [-0.39, 0.29) is 17.7 Å². The van der Waals surface area contributed by atoms with Crippen LogP contribution >= 0.6 is 0 Å². The average Bonchev–Trinajstić information content (AvgIpc) is 3.46. The maximum absolute atomic E-state index is 12.5. The van der Waals surface area contributed by atoms with Gasteiger partial charge in [0, 0.05) is 18.0 Å². The van der Waals surface area contributed by atoms with Gasteiger partial charge in [-0.15, -0.1) is 0 Å². The van der Waals surface area contributed by atoms with E-state index in [1.54, 1.807) is 18.2 Å². The molecule has 0 unspecified atom stereocenters. The number of benzene rings is 3. The Balaban J connectivity index is 1.43. The smallest absolute Gasteiger partial charge is 0.248 e. The van der Waals surface area contributed by atoms with Gasteiger partial charge in [0.2, 0.25) is 11.8 Å². The van der Waals surface area contributed by atoms with E-state index in [0.29, 0.717) is 12.1 Å². The highest BCUT2D eigenvalue weighted by Gasteiger charge is 2.44. The molecule has 1 fully saturated rings. The van der Waals surface area contributed by atoms with Gasteiger partial charge < -0.3 is 11.1 Å². The van der Waals surface area contributed by atoms with E-state index in [1.165, 1.54) is 16.3 Å². The van der Waals surface area contributed by atoms with E-state index in [0.717, 1.165) is 12.0 Å². The van der Waals surface area contributed by atoms with Crippen molar-refractivity contribution < 1.29 is 9.59 Å². The van der Waals surface area contributed by atoms with E-state index >= 15 is 0 Å². The predicted octanol–water partition coefficient (Wildman–Crippen LogP) is 3.36. The molecule has 4 nitrogen and oxygen atoms in total. The molecule has 0 aliphatic heterocycles. The van der Waals surface area contributed by atoms with Crippen LogP contribution in [0.2, 0.25) is 0 Å². The third-order valence-corrected chi connectivity index (χ3v) is 5.03. The van der Waals surface area contributed by atoms with Crippen molar-refractivity contribution in [3.63, 3.8) is 0 Å². The lowest BCUT2D eigenvalue weighted by molar-refractivity contribution is -0.122. The molecule has 4 rings (SSSR count). The van der Waals surface area contributed by atoms with E-state index in [2.05, 4.69) is 35.6 Å². The van der Waals surface area contributed by atoms with Gasteiger partial charge in [-0.1, -0.05) is 54.6 Å². The molecule has 0 radical (unpaired) electrons. The first-order valence-corrected chi connectivity index (χ1v) is 8.77. The molecule has 1 saturated carbocycles. The van der Waals surface area contributed by atoms with E-state index < -0.39 is 5.91 Å². The number of primary amides is 1. The minimum atomic E-state index is -0.462. The standard InChI is InChI=1S/C22H20N2O2/c23-21(25)16-8-3-5-14(11-16)13-24-22(26)20-12-19(20)18-10-4-7-15-6-1-2-9-17(15)18/h1-11,19-20H,12-13H2,(H2,23,25)(H,24,26)/t19-,20+/m1/s1. The van der Waals surface area contributed by atoms with Gasteiger partial charge in [0.1, 0.15) is 0 Å². The molecule has 3 aromatic carbocycles. The van der Waals surface area contributed by atoms with Crippen LogP contribution in [-0.2, 0) is 11.3 Å². The van der Waals surface area contributed by atoms with Crippen molar-refractivity contribution in [3.05, 3.63) is 83.4 Å². The van der Waals surface area contributed by atoms with Crippen molar-refractivity contribution in [2.24, 2.45) is 11.7 Å². The van der Waals surface area contributed by atoms with Crippen LogP contribution in [-0.4, -0.2) is 11.8 Å². The van der Waals surface area contributed by atoms with Gasteiger partial charge in [-0.25, -0.2) is 0 Å². The summed E-state index contributed by atoms with van der Waals surface area (Å²) in [4.78, 5) is 23.8. The molecule has 1 aliphatic rings. The summed E-state index contributed by atoms with van der Waals surface area (Å²) in [5.74, 6) is -0.109. The Morgan fingerprint density at radius 3 is 2.62 bits per heavy atom. The second-order valence-electron chi connectivity index (χ2n) is 6.80. The molecule has 3 N–H and O–H groups in total. The fourth-order valence-corrected chi connectivity index (χ4v) is 3.56. The largest absolute Gasteiger partial charge is 0.366 e. The first-order chi connectivity index (χ1) is 12.6. The summed E-state index contributed by atoms with van der Waals surface area (Å²) in [6.45, 7) is 0.401. The van der Waals surface area contributed by atoms with Crippen molar-refractivity contribution in [1.29, 1.82) is 0 Å². The number of amides is 2. The zero-order valence-electron chi connectivity index (χ0n) is 14.3. The van der Waals surface area contributed by atoms with Crippen LogP contribution < -0.4 is 11.1 Å². The Labute approximate surface area is 152 Å². The quantitative estimate of drug-likeness (QED) is 0.745. The van der Waals surface area contributed by atoms with Gasteiger partial charge in [0.05, 0.1) is 0 Å². The van der Waals surface area contributed by atoms with Gasteiger partial charge in [-0.2, -0.15) is 0 Å². The van der Waals surface area contributed by atoms with Crippen LogP contribution in [0.25, 0.3) is 10.8 Å². The minimum absolute atomic E-state index is 0.0140. The van der Waals surface area contributed by atoms with Crippen LogP contribution in [0.3, 0.4) is 0 Å². The molecule has 130 valence electrons. The first kappa shape index (κ1) is 16.3. The highest BCUT2D eigenvalue weighted by atomic mass is 16.2. The lowest BCUT2D eigenvalue weighted by atomic mass is 10.00. The Hall–Kier alpha value is -3.14. The third-order valence-electron chi connectivity index (χ3n) is 5.03. The fraction of sp³-hybridized carbons (Fsp3) is 0.182. The summed E-state index contributed by atoms with van der Waals surface area (Å²) in [6.07, 6.45) is 0.876. The molecule has 4 heteroatoms. The zero-order valence-corrected chi connectivity index (χ0v) is 14.3. The van der Waals surface area contributed by atoms with Gasteiger partial charge >= 0.3 is 0 Å². The number of nitrogens with one attached hydrogen (secondary N) is 1. The Kier molecular flexibility index (Phi) is 4.17. The molecule has 2 atom stereocenters. The van der Waals surface area contributed by atoms with E-state index in [4.69, 9.17) is 5.73 Å². The van der Waals surface area contributed by atoms with Crippen LogP contribution in [0.4, 0.5) is 0 Å². The Morgan fingerprint density at radius 1 is 1.00 bits per heavy atom. The lowest BCUT2D eigenvalue weighted by Gasteiger charge is -2.08. The summed E-state index contributed by atoms with van der Waals surface area (Å²) < 4.78 is 0. The van der Waals surface area contributed by atoms with Crippen molar-refractivity contribution in [2.45, 2.75) is 18.9 Å². The van der Waals surface area contributed by atoms with Gasteiger partial charge in [-0.05, 0) is 46.4 Å². The van der Waals surface area contributed by atoms with Gasteiger partial charge in [0.25, 0.3) is 0 Å². The summed E-state index contributed by atoms with van der Waals surface area (Å²) in [5.41, 5.74) is 7.88. The number of fused-ring (bicyclic) bond motifs is 1. The monoisotopic (exact) mass is 344 g/mol. The second-order valence-corrected chi connectivity index (χ2v) is 6.80. The molecule has 0 aromatic heterocycles. The van der Waals surface area contributed by atoms with Gasteiger partial charge in [0.15, 0.2) is 0 Å². The minimum Gasteiger partial charge on any atom is -0.366 e. The molecule has 1 aliphatic carbocycles. The molecule has 0 spiro atoms. The third kappa shape index (κ3) is 3.18. The number of hydrogen-bond acceptors (Lipinski definition) is 2. The number of carbonyl (C=O) groups is 2. The lowest BCUT2D eigenvalue weighted by Crippen LogP contribution is -2.25. The van der Waals surface area contributed by atoms with Crippen molar-refractivity contribution in [2.75, 3.05) is 0 Å². The maximum atomic E-state index is 12.5. The molecule has 0 saturated heterocycles. The SMILES string of the molecule is NC(=O)c1cccc(CNC(=O)[C@H]2C[C@@H]2c2cccc3ccccc23)c1. The zero-order chi connectivity index (χ0) is 18.1. The fourth-order valence-electron chi connectivity index (χ4n) is 3.56. The van der Waals surface area contributed by atoms with Crippen LogP contribution in [0.1, 0.15) is 33.8 Å². The van der Waals surface area contributed by atoms with Gasteiger partial charge in [-0.3, -0.25) is 9.59 Å². The molecule has 2 amide bonds. The highest BCUT2D eigenvalue weighted by Crippen LogP contribution is 2.49. The van der Waals surface area contributed by atoms with Crippen molar-refractivity contribution in [1.82, 2.24) is 5.32 Å². The molecule has 3 aromatic rings. The van der Waals surface area contributed by atoms with Crippen LogP contribution in [0.15, 0.2) is 66.7 Å². The first-order valence-electron chi connectivity index (χ1n) is 8.77. The molecular formula is C22H20N2O2. The number of rotatable bonds is 5. The Bertz CT molecular complexity index is 991. The normalized spacial score (nSPS) is 18.5. The maximum Gasteiger partial charge on any atom is 0.248 e. The molecule has 0 bridgehead atoms. The summed E-state index contributed by atoms with van der Waals surface area (Å²) in [6, 6.07) is 21.6. The van der Waals surface area contributed by atoms with E-state index in [9.17, 15) is 9.59 Å². The van der Waals surface area contributed by atoms with Crippen molar-refractivity contribution >= 4 is 22.6 Å². The second kappa shape index (κ2) is 6.64. The number of carbonyl (C=O) groups excluding carboxylic acids is 2. The summed E-state index contributed by atoms with van der Waals surface area (Å²) >= 11 is 0.